The van der Waals surface area contributed by atoms with Crippen LogP contribution in [-0.2, 0) is 0 Å². The van der Waals surface area contributed by atoms with Gasteiger partial charge in [0.15, 0.2) is 11.5 Å². The van der Waals surface area contributed by atoms with Crippen LogP contribution in [0.4, 0.5) is 5.69 Å². The number of rotatable bonds is 6. The summed E-state index contributed by atoms with van der Waals surface area (Å²) in [7, 11) is 3.23. The Hall–Kier alpha value is -3.71. The van der Waals surface area contributed by atoms with Crippen LogP contribution >= 0.6 is 0 Å². The zero-order valence-electron chi connectivity index (χ0n) is 17.1. The summed E-state index contributed by atoms with van der Waals surface area (Å²) in [6, 6.07) is 23.1. The zero-order valence-corrected chi connectivity index (χ0v) is 17.1. The fourth-order valence-electron chi connectivity index (χ4n) is 4.38. The highest BCUT2D eigenvalue weighted by Gasteiger charge is 2.59. The van der Waals surface area contributed by atoms with Crippen molar-refractivity contribution >= 4 is 11.4 Å². The van der Waals surface area contributed by atoms with E-state index in [0.29, 0.717) is 11.5 Å². The van der Waals surface area contributed by atoms with Crippen molar-refractivity contribution in [3.63, 3.8) is 0 Å². The van der Waals surface area contributed by atoms with Crippen molar-refractivity contribution in [2.45, 2.75) is 18.2 Å². The first-order valence-corrected chi connectivity index (χ1v) is 9.99. The highest BCUT2D eigenvalue weighted by molar-refractivity contribution is 6.08. The molecule has 2 aliphatic heterocycles. The molecule has 4 atom stereocenters. The molecule has 3 aromatic carbocycles. The summed E-state index contributed by atoms with van der Waals surface area (Å²) in [6.07, 6.45) is -0.166. The first-order chi connectivity index (χ1) is 15.1. The van der Waals surface area contributed by atoms with Gasteiger partial charge in [-0.3, -0.25) is 20.0 Å². The Morgan fingerprint density at radius 2 is 1.55 bits per heavy atom. The van der Waals surface area contributed by atoms with Crippen molar-refractivity contribution in [3.8, 4) is 11.5 Å². The monoisotopic (exact) mass is 415 g/mol. The molecule has 0 radical (unpaired) electrons. The van der Waals surface area contributed by atoms with Gasteiger partial charge in [0.05, 0.1) is 36.9 Å². The van der Waals surface area contributed by atoms with Crippen LogP contribution in [0.25, 0.3) is 0 Å². The van der Waals surface area contributed by atoms with Crippen molar-refractivity contribution in [1.29, 1.82) is 0 Å². The second-order valence-corrected chi connectivity index (χ2v) is 7.55. The van der Waals surface area contributed by atoms with E-state index in [9.17, 15) is 10.1 Å². The normalized spacial score (nSPS) is 23.6. The highest BCUT2D eigenvalue weighted by Crippen LogP contribution is 2.56. The number of nitrogens with zero attached hydrogens (tertiary/aromatic N) is 3. The van der Waals surface area contributed by atoms with Gasteiger partial charge < -0.3 is 9.47 Å². The van der Waals surface area contributed by atoms with E-state index in [4.69, 9.17) is 14.5 Å². The number of aliphatic imine (C=N–C) groups is 1. The minimum absolute atomic E-state index is 0.0953. The minimum atomic E-state index is -0.374. The van der Waals surface area contributed by atoms with Crippen LogP contribution in [0.15, 0.2) is 77.8 Å². The number of hydrogen-bond acceptors (Lipinski definition) is 6. The molecule has 0 saturated carbocycles. The number of hydrogen-bond donors (Lipinski definition) is 0. The molecule has 7 heteroatoms. The fourth-order valence-corrected chi connectivity index (χ4v) is 4.38. The van der Waals surface area contributed by atoms with Crippen LogP contribution in [0.3, 0.4) is 0 Å². The second-order valence-electron chi connectivity index (χ2n) is 7.55. The number of nitro groups is 1. The van der Waals surface area contributed by atoms with E-state index < -0.39 is 0 Å². The third-order valence-corrected chi connectivity index (χ3v) is 5.90. The molecule has 156 valence electrons. The van der Waals surface area contributed by atoms with Gasteiger partial charge in [-0.05, 0) is 28.8 Å². The molecule has 2 aliphatic rings. The first-order valence-electron chi connectivity index (χ1n) is 9.99. The summed E-state index contributed by atoms with van der Waals surface area (Å²) in [5, 5.41) is 11.0. The van der Waals surface area contributed by atoms with E-state index in [-0.39, 0.29) is 28.9 Å². The van der Waals surface area contributed by atoms with Gasteiger partial charge in [-0.1, -0.05) is 48.5 Å². The van der Waals surface area contributed by atoms with Crippen LogP contribution < -0.4 is 9.47 Å². The lowest BCUT2D eigenvalue weighted by atomic mass is 10.0. The van der Waals surface area contributed by atoms with Crippen molar-refractivity contribution in [2.75, 3.05) is 14.2 Å². The van der Waals surface area contributed by atoms with E-state index in [1.54, 1.807) is 26.4 Å². The van der Waals surface area contributed by atoms with Gasteiger partial charge in [0.2, 0.25) is 0 Å². The van der Waals surface area contributed by atoms with Gasteiger partial charge in [-0.25, -0.2) is 0 Å². The average molecular weight is 415 g/mol. The smallest absolute Gasteiger partial charge is 0.269 e. The number of ether oxygens (including phenoxy) is 2. The van der Waals surface area contributed by atoms with Gasteiger partial charge in [-0.2, -0.15) is 0 Å². The Morgan fingerprint density at radius 3 is 2.19 bits per heavy atom. The van der Waals surface area contributed by atoms with E-state index in [2.05, 4.69) is 17.0 Å². The molecule has 7 nitrogen and oxygen atoms in total. The predicted octanol–water partition coefficient (Wildman–Crippen LogP) is 4.54. The maximum atomic E-state index is 11.0. The lowest BCUT2D eigenvalue weighted by molar-refractivity contribution is -0.384. The Labute approximate surface area is 179 Å². The molecule has 0 aliphatic carbocycles. The van der Waals surface area contributed by atoms with E-state index in [0.717, 1.165) is 22.4 Å². The molecular weight excluding hydrogens is 394 g/mol. The van der Waals surface area contributed by atoms with Crippen molar-refractivity contribution in [2.24, 2.45) is 4.99 Å². The highest BCUT2D eigenvalue weighted by atomic mass is 16.6. The van der Waals surface area contributed by atoms with Gasteiger partial charge in [-0.15, -0.1) is 0 Å². The molecule has 31 heavy (non-hydrogen) atoms. The standard InChI is InChI=1S/C24H21N3O4/c1-30-19-13-10-17(14-20(19)31-2)24-25-21(15-6-4-3-5-7-15)23-22(26(23)24)16-8-11-18(12-9-16)27(28)29/h3-14,22-24H,1-2H3. The van der Waals surface area contributed by atoms with Gasteiger partial charge >= 0.3 is 0 Å². The maximum absolute atomic E-state index is 11.0. The quantitative estimate of drug-likeness (QED) is 0.336. The molecule has 0 spiro atoms. The molecule has 1 fully saturated rings. The summed E-state index contributed by atoms with van der Waals surface area (Å²) in [4.78, 5) is 18.0. The number of benzene rings is 3. The predicted molar refractivity (Wildman–Crippen MR) is 117 cm³/mol. The van der Waals surface area contributed by atoms with Crippen LogP contribution in [0, 0.1) is 10.1 Å². The number of nitro benzene ring substituents is 1. The Balaban J connectivity index is 1.54. The fraction of sp³-hybridized carbons (Fsp3) is 0.208. The molecule has 0 bridgehead atoms. The second kappa shape index (κ2) is 7.52. The topological polar surface area (TPSA) is 77.0 Å². The third kappa shape index (κ3) is 3.23. The van der Waals surface area contributed by atoms with Crippen LogP contribution in [0.1, 0.15) is 28.9 Å². The summed E-state index contributed by atoms with van der Waals surface area (Å²) >= 11 is 0. The molecule has 1 saturated heterocycles. The molecule has 0 N–H and O–H groups in total. The zero-order chi connectivity index (χ0) is 21.5. The summed E-state index contributed by atoms with van der Waals surface area (Å²) in [6.45, 7) is 0. The van der Waals surface area contributed by atoms with Crippen molar-refractivity contribution in [3.05, 3.63) is 99.6 Å². The Kier molecular flexibility index (Phi) is 4.67. The van der Waals surface area contributed by atoms with Gasteiger partial charge in [0.25, 0.3) is 5.69 Å². The number of non-ortho nitro benzene ring substituents is 1. The van der Waals surface area contributed by atoms with Crippen LogP contribution in [0.5, 0.6) is 11.5 Å². The maximum Gasteiger partial charge on any atom is 0.269 e. The van der Waals surface area contributed by atoms with Crippen LogP contribution in [-0.4, -0.2) is 35.8 Å². The molecule has 0 amide bonds. The molecular formula is C24H21N3O4. The minimum Gasteiger partial charge on any atom is -0.493 e. The van der Waals surface area contributed by atoms with Crippen LogP contribution in [0.2, 0.25) is 0 Å². The first kappa shape index (κ1) is 19.3. The van der Waals surface area contributed by atoms with E-state index in [1.807, 2.05) is 48.5 Å². The molecule has 2 heterocycles. The van der Waals surface area contributed by atoms with Crippen molar-refractivity contribution < 1.29 is 14.4 Å². The van der Waals surface area contributed by atoms with Crippen molar-refractivity contribution in [1.82, 2.24) is 4.90 Å². The molecule has 4 unspecified atom stereocenters. The summed E-state index contributed by atoms with van der Waals surface area (Å²) in [5.41, 5.74) is 4.27. The summed E-state index contributed by atoms with van der Waals surface area (Å²) < 4.78 is 10.9. The van der Waals surface area contributed by atoms with Gasteiger partial charge in [0, 0.05) is 12.1 Å². The number of fused-ring (bicyclic) bond motifs is 1. The Bertz CT molecular complexity index is 1160. The van der Waals surface area contributed by atoms with E-state index in [1.165, 1.54) is 0 Å². The third-order valence-electron chi connectivity index (χ3n) is 5.90. The van der Waals surface area contributed by atoms with E-state index >= 15 is 0 Å². The lowest BCUT2D eigenvalue weighted by Gasteiger charge is -2.16. The Morgan fingerprint density at radius 1 is 0.871 bits per heavy atom. The van der Waals surface area contributed by atoms with Gasteiger partial charge in [0.1, 0.15) is 6.17 Å². The molecule has 0 aromatic heterocycles. The lowest BCUT2D eigenvalue weighted by Crippen LogP contribution is -2.08. The molecule has 5 rings (SSSR count). The average Bonchev–Trinajstić information content (AvgIpc) is 3.42. The largest absolute Gasteiger partial charge is 0.493 e. The number of methoxy groups -OCH3 is 2. The SMILES string of the molecule is COc1ccc(C2N=C(c3ccccc3)C3C(c4ccc([N+](=O)[O-])cc4)N23)cc1OC. The molecule has 3 aromatic rings. The summed E-state index contributed by atoms with van der Waals surface area (Å²) in [5.74, 6) is 1.33.